The van der Waals surface area contributed by atoms with Crippen molar-refractivity contribution in [3.63, 3.8) is 0 Å². The summed E-state index contributed by atoms with van der Waals surface area (Å²) in [4.78, 5) is 14.5. The van der Waals surface area contributed by atoms with Crippen LogP contribution in [-0.4, -0.2) is 11.4 Å². The molecule has 2 aliphatic rings. The summed E-state index contributed by atoms with van der Waals surface area (Å²) in [5.74, 6) is 1.04. The summed E-state index contributed by atoms with van der Waals surface area (Å²) in [7, 11) is 0. The fraction of sp³-hybridized carbons (Fsp3) is 0.588. The number of nitrogens with zero attached hydrogens (tertiary/aromatic N) is 1. The van der Waals surface area contributed by atoms with E-state index in [-0.39, 0.29) is 17.5 Å². The van der Waals surface area contributed by atoms with Gasteiger partial charge in [0, 0.05) is 18.7 Å². The summed E-state index contributed by atoms with van der Waals surface area (Å²) in [6.45, 7) is 6.11. The second-order valence-corrected chi connectivity index (χ2v) is 6.35. The fourth-order valence-corrected chi connectivity index (χ4v) is 4.35. The summed E-state index contributed by atoms with van der Waals surface area (Å²) < 4.78 is 0. The highest BCUT2D eigenvalue weighted by Gasteiger charge is 2.57. The number of rotatable bonds is 2. The molecule has 3 heteroatoms. The van der Waals surface area contributed by atoms with Crippen molar-refractivity contribution in [1.29, 1.82) is 0 Å². The van der Waals surface area contributed by atoms with Crippen LogP contribution in [0.1, 0.15) is 51.6 Å². The summed E-state index contributed by atoms with van der Waals surface area (Å²) >= 11 is 0. The smallest absolute Gasteiger partial charge is 0.224 e. The molecule has 0 bridgehead atoms. The maximum atomic E-state index is 12.4. The van der Waals surface area contributed by atoms with E-state index < -0.39 is 0 Å². The Hall–Kier alpha value is -1.35. The molecule has 1 saturated carbocycles. The third-order valence-electron chi connectivity index (χ3n) is 5.45. The van der Waals surface area contributed by atoms with Gasteiger partial charge >= 0.3 is 0 Å². The summed E-state index contributed by atoms with van der Waals surface area (Å²) in [6.07, 6.45) is 3.41. The predicted molar refractivity (Wildman–Crippen MR) is 81.4 cm³/mol. The number of benzene rings is 1. The van der Waals surface area contributed by atoms with Crippen LogP contribution in [-0.2, 0) is 4.79 Å². The van der Waals surface area contributed by atoms with E-state index >= 15 is 0 Å². The quantitative estimate of drug-likeness (QED) is 0.898. The minimum Gasteiger partial charge on any atom is -0.324 e. The van der Waals surface area contributed by atoms with E-state index in [4.69, 9.17) is 5.73 Å². The molecule has 1 aliphatic heterocycles. The Balaban J connectivity index is 2.22. The average Bonchev–Trinajstić information content (AvgIpc) is 3.27. The van der Waals surface area contributed by atoms with Gasteiger partial charge in [0.05, 0.1) is 5.54 Å². The number of carbonyl (C=O) groups is 1. The standard InChI is InChI=1S/C17H24N2O/c1-4-17(13-9-10-13)11(2)16(18)14-7-5-6-8-15(14)19(17)12(3)20/h5-8,11,13,16H,4,9-10,18H2,1-3H3/t11-,16-,17-/m1/s1. The van der Waals surface area contributed by atoms with Crippen LogP contribution < -0.4 is 10.6 Å². The summed E-state index contributed by atoms with van der Waals surface area (Å²) in [5, 5.41) is 0. The molecule has 1 fully saturated rings. The number of anilines is 1. The lowest BCUT2D eigenvalue weighted by molar-refractivity contribution is -0.118. The van der Waals surface area contributed by atoms with E-state index in [1.807, 2.05) is 12.1 Å². The first-order valence-electron chi connectivity index (χ1n) is 7.69. The Labute approximate surface area is 121 Å². The predicted octanol–water partition coefficient (Wildman–Crippen LogP) is 3.25. The molecule has 0 aromatic heterocycles. The van der Waals surface area contributed by atoms with Crippen LogP contribution >= 0.6 is 0 Å². The molecule has 3 nitrogen and oxygen atoms in total. The van der Waals surface area contributed by atoms with E-state index in [1.165, 1.54) is 12.8 Å². The van der Waals surface area contributed by atoms with Gasteiger partial charge in [-0.1, -0.05) is 32.0 Å². The number of carbonyl (C=O) groups excluding carboxylic acids is 1. The van der Waals surface area contributed by atoms with Crippen LogP contribution in [0.5, 0.6) is 0 Å². The molecule has 1 heterocycles. The highest BCUT2D eigenvalue weighted by Crippen LogP contribution is 2.56. The molecular weight excluding hydrogens is 248 g/mol. The normalized spacial score (nSPS) is 32.9. The lowest BCUT2D eigenvalue weighted by Gasteiger charge is -2.54. The topological polar surface area (TPSA) is 46.3 Å². The number of amides is 1. The number of hydrogen-bond acceptors (Lipinski definition) is 2. The second kappa shape index (κ2) is 4.59. The van der Waals surface area contributed by atoms with Crippen LogP contribution in [0.4, 0.5) is 5.69 Å². The molecule has 1 amide bonds. The van der Waals surface area contributed by atoms with Gasteiger partial charge in [0.1, 0.15) is 0 Å². The molecule has 0 unspecified atom stereocenters. The third-order valence-corrected chi connectivity index (χ3v) is 5.45. The van der Waals surface area contributed by atoms with Crippen molar-refractivity contribution >= 4 is 11.6 Å². The number of para-hydroxylation sites is 1. The van der Waals surface area contributed by atoms with Crippen molar-refractivity contribution in [2.24, 2.45) is 17.6 Å². The number of fused-ring (bicyclic) bond motifs is 1. The molecule has 3 atom stereocenters. The van der Waals surface area contributed by atoms with E-state index in [0.29, 0.717) is 11.8 Å². The Morgan fingerprint density at radius 1 is 1.40 bits per heavy atom. The third kappa shape index (κ3) is 1.65. The molecule has 1 aromatic rings. The van der Waals surface area contributed by atoms with Crippen LogP contribution in [0.3, 0.4) is 0 Å². The maximum Gasteiger partial charge on any atom is 0.224 e. The van der Waals surface area contributed by atoms with Gasteiger partial charge in [-0.3, -0.25) is 4.79 Å². The molecule has 0 saturated heterocycles. The number of hydrogen-bond donors (Lipinski definition) is 1. The monoisotopic (exact) mass is 272 g/mol. The number of nitrogens with two attached hydrogens (primary N) is 1. The molecule has 20 heavy (non-hydrogen) atoms. The van der Waals surface area contributed by atoms with Crippen molar-refractivity contribution in [2.45, 2.75) is 51.6 Å². The van der Waals surface area contributed by atoms with Gasteiger partial charge in [0.25, 0.3) is 0 Å². The lowest BCUT2D eigenvalue weighted by atomic mass is 9.68. The summed E-state index contributed by atoms with van der Waals surface area (Å²) in [6, 6.07) is 8.15. The first kappa shape index (κ1) is 13.6. The highest BCUT2D eigenvalue weighted by molar-refractivity contribution is 5.95. The first-order chi connectivity index (χ1) is 9.54. The van der Waals surface area contributed by atoms with Gasteiger partial charge in [-0.05, 0) is 42.7 Å². The Morgan fingerprint density at radius 3 is 2.60 bits per heavy atom. The fourth-order valence-electron chi connectivity index (χ4n) is 4.35. The lowest BCUT2D eigenvalue weighted by Crippen LogP contribution is -2.62. The minimum atomic E-state index is -0.0976. The van der Waals surface area contributed by atoms with E-state index in [9.17, 15) is 4.79 Å². The van der Waals surface area contributed by atoms with Gasteiger partial charge in [-0.2, -0.15) is 0 Å². The van der Waals surface area contributed by atoms with Crippen molar-refractivity contribution in [3.8, 4) is 0 Å². The Morgan fingerprint density at radius 2 is 2.05 bits per heavy atom. The van der Waals surface area contributed by atoms with Crippen molar-refractivity contribution in [1.82, 2.24) is 0 Å². The van der Waals surface area contributed by atoms with E-state index in [2.05, 4.69) is 30.9 Å². The van der Waals surface area contributed by atoms with E-state index in [0.717, 1.165) is 17.7 Å². The molecule has 2 N–H and O–H groups in total. The Bertz CT molecular complexity index is 538. The van der Waals surface area contributed by atoms with E-state index in [1.54, 1.807) is 6.92 Å². The maximum absolute atomic E-state index is 12.4. The van der Waals surface area contributed by atoms with Gasteiger partial charge in [-0.15, -0.1) is 0 Å². The van der Waals surface area contributed by atoms with Gasteiger partial charge < -0.3 is 10.6 Å². The molecule has 0 radical (unpaired) electrons. The van der Waals surface area contributed by atoms with Crippen molar-refractivity contribution in [3.05, 3.63) is 29.8 Å². The zero-order chi connectivity index (χ0) is 14.5. The van der Waals surface area contributed by atoms with Gasteiger partial charge in [0.15, 0.2) is 0 Å². The van der Waals surface area contributed by atoms with Crippen molar-refractivity contribution < 1.29 is 4.79 Å². The zero-order valence-electron chi connectivity index (χ0n) is 12.6. The van der Waals surface area contributed by atoms with Crippen LogP contribution in [0.15, 0.2) is 24.3 Å². The first-order valence-corrected chi connectivity index (χ1v) is 7.69. The molecule has 1 aliphatic carbocycles. The SMILES string of the molecule is CC[C@]1(C2CC2)[C@H](C)[C@@H](N)c2ccccc2N1C(C)=O. The Kier molecular flexibility index (Phi) is 3.13. The average molecular weight is 272 g/mol. The van der Waals surface area contributed by atoms with Crippen LogP contribution in [0, 0.1) is 11.8 Å². The molecule has 3 rings (SSSR count). The van der Waals surface area contributed by atoms with Crippen LogP contribution in [0.2, 0.25) is 0 Å². The van der Waals surface area contributed by atoms with Gasteiger partial charge in [-0.25, -0.2) is 0 Å². The molecule has 108 valence electrons. The van der Waals surface area contributed by atoms with Crippen LogP contribution in [0.25, 0.3) is 0 Å². The largest absolute Gasteiger partial charge is 0.324 e. The zero-order valence-corrected chi connectivity index (χ0v) is 12.6. The molecular formula is C17H24N2O. The van der Waals surface area contributed by atoms with Crippen molar-refractivity contribution in [2.75, 3.05) is 4.90 Å². The molecule has 0 spiro atoms. The summed E-state index contributed by atoms with van der Waals surface area (Å²) in [5.41, 5.74) is 8.57. The second-order valence-electron chi connectivity index (χ2n) is 6.35. The molecule has 1 aromatic carbocycles. The highest BCUT2D eigenvalue weighted by atomic mass is 16.2. The minimum absolute atomic E-state index is 0.0161. The van der Waals surface area contributed by atoms with Gasteiger partial charge in [0.2, 0.25) is 5.91 Å².